The van der Waals surface area contributed by atoms with E-state index in [1.165, 1.54) is 18.3 Å². The normalized spacial score (nSPS) is 14.7. The van der Waals surface area contributed by atoms with E-state index in [1.807, 2.05) is 4.90 Å². The number of sulfone groups is 1. The molecule has 2 amide bonds. The second-order valence-corrected chi connectivity index (χ2v) is 11.1. The van der Waals surface area contributed by atoms with Crippen LogP contribution >= 0.6 is 23.2 Å². The van der Waals surface area contributed by atoms with Crippen LogP contribution in [0.15, 0.2) is 53.6 Å². The number of halogens is 2. The van der Waals surface area contributed by atoms with Crippen LogP contribution in [0.2, 0.25) is 10.0 Å². The third-order valence-electron chi connectivity index (χ3n) is 5.88. The largest absolute Gasteiger partial charge is 0.341 e. The summed E-state index contributed by atoms with van der Waals surface area (Å²) in [5.41, 5.74) is 0.981. The van der Waals surface area contributed by atoms with Crippen molar-refractivity contribution in [3.8, 4) is 0 Å². The number of nitrogens with one attached hydrogen (secondary N) is 1. The van der Waals surface area contributed by atoms with Crippen molar-refractivity contribution < 1.29 is 18.0 Å². The Labute approximate surface area is 208 Å². The maximum absolute atomic E-state index is 13.2. The number of carbonyl (C=O) groups is 2. The summed E-state index contributed by atoms with van der Waals surface area (Å²) in [5, 5.41) is 3.60. The highest BCUT2D eigenvalue weighted by Gasteiger charge is 2.26. The average Bonchev–Trinajstić information content (AvgIpc) is 2.96. The highest BCUT2D eigenvalue weighted by atomic mass is 35.5. The lowest BCUT2D eigenvalue weighted by Gasteiger charge is -2.20. The predicted molar refractivity (Wildman–Crippen MR) is 134 cm³/mol. The molecule has 0 bridgehead atoms. The van der Waals surface area contributed by atoms with Crippen LogP contribution < -0.4 is 5.32 Å². The summed E-state index contributed by atoms with van der Waals surface area (Å²) in [4.78, 5) is 27.3. The number of carbonyl (C=O) groups excluding carboxylic acids is 2. The molecule has 1 aliphatic rings. The van der Waals surface area contributed by atoms with E-state index in [2.05, 4.69) is 5.32 Å². The van der Waals surface area contributed by atoms with E-state index in [4.69, 9.17) is 23.2 Å². The van der Waals surface area contributed by atoms with Crippen molar-refractivity contribution in [2.24, 2.45) is 0 Å². The molecule has 3 aromatic rings. The fourth-order valence-corrected chi connectivity index (χ4v) is 5.85. The van der Waals surface area contributed by atoms with Crippen molar-refractivity contribution in [2.75, 3.05) is 24.2 Å². The van der Waals surface area contributed by atoms with Gasteiger partial charge in [-0.25, -0.2) is 8.42 Å². The minimum Gasteiger partial charge on any atom is -0.341 e. The van der Waals surface area contributed by atoms with Gasteiger partial charge in [0.25, 0.3) is 0 Å². The van der Waals surface area contributed by atoms with Gasteiger partial charge < -0.3 is 14.8 Å². The topological polar surface area (TPSA) is 88.5 Å². The molecule has 10 heteroatoms. The molecule has 2 heterocycles. The van der Waals surface area contributed by atoms with E-state index in [0.29, 0.717) is 21.6 Å². The Morgan fingerprint density at radius 1 is 0.941 bits per heavy atom. The lowest BCUT2D eigenvalue weighted by atomic mass is 10.2. The third kappa shape index (κ3) is 5.56. The van der Waals surface area contributed by atoms with Crippen molar-refractivity contribution in [1.29, 1.82) is 0 Å². The zero-order valence-electron chi connectivity index (χ0n) is 18.5. The van der Waals surface area contributed by atoms with E-state index in [-0.39, 0.29) is 22.4 Å². The first kappa shape index (κ1) is 24.6. The second-order valence-electron chi connectivity index (χ2n) is 8.37. The average molecular weight is 522 g/mol. The monoisotopic (exact) mass is 521 g/mol. The van der Waals surface area contributed by atoms with E-state index in [9.17, 15) is 18.0 Å². The van der Waals surface area contributed by atoms with Gasteiger partial charge in [-0.3, -0.25) is 9.59 Å². The molecule has 0 spiro atoms. The Morgan fingerprint density at radius 2 is 1.65 bits per heavy atom. The van der Waals surface area contributed by atoms with Crippen molar-refractivity contribution in [1.82, 2.24) is 9.47 Å². The molecule has 180 valence electrons. The lowest BCUT2D eigenvalue weighted by Crippen LogP contribution is -2.34. The second kappa shape index (κ2) is 10.4. The number of hydrogen-bond acceptors (Lipinski definition) is 4. The summed E-state index contributed by atoms with van der Waals surface area (Å²) in [6.45, 7) is 1.49. The number of para-hydroxylation sites is 1. The molecule has 34 heavy (non-hydrogen) atoms. The maximum atomic E-state index is 13.2. The summed E-state index contributed by atoms with van der Waals surface area (Å²) in [6, 6.07) is 11.5. The number of rotatable bonds is 6. The van der Waals surface area contributed by atoms with Crippen molar-refractivity contribution in [3.05, 3.63) is 58.7 Å². The standard InChI is InChI=1S/C24H25Cl2N3O4S/c25-19-10-9-17(13-20(19)26)27-23(30)16-34(32,33)22-14-29(21-8-4-3-7-18(21)22)15-24(31)28-11-5-1-2-6-12-28/h3-4,7-10,13-14H,1-2,5-6,11-12,15-16H2,(H,27,30). The first-order valence-electron chi connectivity index (χ1n) is 11.1. The van der Waals surface area contributed by atoms with Crippen LogP contribution in [0.3, 0.4) is 0 Å². The molecule has 0 saturated carbocycles. The first-order chi connectivity index (χ1) is 16.2. The fourth-order valence-electron chi connectivity index (χ4n) is 4.18. The van der Waals surface area contributed by atoms with Crippen molar-refractivity contribution in [2.45, 2.75) is 37.1 Å². The minimum absolute atomic E-state index is 0.0241. The minimum atomic E-state index is -3.99. The Morgan fingerprint density at radius 3 is 2.35 bits per heavy atom. The van der Waals surface area contributed by atoms with Crippen LogP contribution in [-0.2, 0) is 26.0 Å². The molecule has 1 fully saturated rings. The molecule has 0 atom stereocenters. The number of likely N-dealkylation sites (tertiary alicyclic amines) is 1. The van der Waals surface area contributed by atoms with Crippen molar-refractivity contribution >= 4 is 61.4 Å². The zero-order valence-corrected chi connectivity index (χ0v) is 20.8. The first-order valence-corrected chi connectivity index (χ1v) is 13.5. The van der Waals surface area contributed by atoms with Crippen LogP contribution in [0.1, 0.15) is 25.7 Å². The van der Waals surface area contributed by atoms with E-state index >= 15 is 0 Å². The van der Waals surface area contributed by atoms with E-state index in [1.54, 1.807) is 34.9 Å². The Kier molecular flexibility index (Phi) is 7.50. The summed E-state index contributed by atoms with van der Waals surface area (Å²) in [7, 11) is -3.99. The number of aromatic nitrogens is 1. The number of anilines is 1. The number of amides is 2. The van der Waals surface area contributed by atoms with Gasteiger partial charge in [-0.2, -0.15) is 0 Å². The Bertz CT molecular complexity index is 1330. The molecular weight excluding hydrogens is 497 g/mol. The van der Waals surface area contributed by atoms with Crippen molar-refractivity contribution in [3.63, 3.8) is 0 Å². The Balaban J connectivity index is 1.56. The van der Waals surface area contributed by atoms with Gasteiger partial charge in [0.2, 0.25) is 11.8 Å². The molecule has 1 saturated heterocycles. The van der Waals surface area contributed by atoms with Gasteiger partial charge in [-0.15, -0.1) is 0 Å². The summed E-state index contributed by atoms with van der Waals surface area (Å²) in [5.74, 6) is -1.48. The molecule has 0 unspecified atom stereocenters. The SMILES string of the molecule is O=C(CS(=O)(=O)c1cn(CC(=O)N2CCCCCC2)c2ccccc12)Nc1ccc(Cl)c(Cl)c1. The van der Waals surface area contributed by atoms with Crippen LogP contribution in [-0.4, -0.2) is 48.5 Å². The molecule has 1 aliphatic heterocycles. The van der Waals surface area contributed by atoms with Crippen LogP contribution in [0.25, 0.3) is 10.9 Å². The molecule has 1 N–H and O–H groups in total. The van der Waals surface area contributed by atoms with Gasteiger partial charge in [0.05, 0.1) is 14.9 Å². The molecule has 2 aromatic carbocycles. The van der Waals surface area contributed by atoms with Crippen LogP contribution in [0.4, 0.5) is 5.69 Å². The summed E-state index contributed by atoms with van der Waals surface area (Å²) >= 11 is 11.9. The maximum Gasteiger partial charge on any atom is 0.242 e. The van der Waals surface area contributed by atoms with Gasteiger partial charge >= 0.3 is 0 Å². The van der Waals surface area contributed by atoms with Crippen LogP contribution in [0.5, 0.6) is 0 Å². The molecule has 7 nitrogen and oxygen atoms in total. The highest BCUT2D eigenvalue weighted by Crippen LogP contribution is 2.28. The third-order valence-corrected chi connectivity index (χ3v) is 8.25. The van der Waals surface area contributed by atoms with Gasteiger partial charge in [-0.05, 0) is 37.1 Å². The number of nitrogens with zero attached hydrogens (tertiary/aromatic N) is 2. The zero-order chi connectivity index (χ0) is 24.3. The predicted octanol–water partition coefficient (Wildman–Crippen LogP) is 4.76. The molecule has 4 rings (SSSR count). The van der Waals surface area contributed by atoms with Gasteiger partial charge in [0.15, 0.2) is 9.84 Å². The molecule has 0 radical (unpaired) electrons. The number of benzene rings is 2. The van der Waals surface area contributed by atoms with Crippen LogP contribution in [0, 0.1) is 0 Å². The number of hydrogen-bond donors (Lipinski definition) is 1. The smallest absolute Gasteiger partial charge is 0.242 e. The molecule has 0 aliphatic carbocycles. The number of fused-ring (bicyclic) bond motifs is 1. The fraction of sp³-hybridized carbons (Fsp3) is 0.333. The van der Waals surface area contributed by atoms with E-state index < -0.39 is 21.5 Å². The summed E-state index contributed by atoms with van der Waals surface area (Å²) in [6.07, 6.45) is 5.64. The van der Waals surface area contributed by atoms with E-state index in [0.717, 1.165) is 38.8 Å². The molecule has 1 aromatic heterocycles. The Hall–Kier alpha value is -2.55. The summed E-state index contributed by atoms with van der Waals surface area (Å²) < 4.78 is 28.1. The van der Waals surface area contributed by atoms with Gasteiger partial charge in [-0.1, -0.05) is 54.2 Å². The quantitative estimate of drug-likeness (QED) is 0.506. The lowest BCUT2D eigenvalue weighted by molar-refractivity contribution is -0.131. The van der Waals surface area contributed by atoms with Gasteiger partial charge in [0.1, 0.15) is 12.3 Å². The highest BCUT2D eigenvalue weighted by molar-refractivity contribution is 7.92. The molecular formula is C24H25Cl2N3O4S. The van der Waals surface area contributed by atoms with Gasteiger partial charge in [0, 0.05) is 35.9 Å².